The van der Waals surface area contributed by atoms with Crippen LogP contribution in [0.1, 0.15) is 31.7 Å². The molecule has 1 aromatic rings. The minimum atomic E-state index is -0.568. The molecule has 1 aliphatic rings. The van der Waals surface area contributed by atoms with E-state index < -0.39 is 6.04 Å². The maximum atomic E-state index is 12.2. The number of nitrogens with zero attached hydrogens (tertiary/aromatic N) is 1. The molecule has 4 N–H and O–H groups in total. The Morgan fingerprint density at radius 3 is 2.96 bits per heavy atom. The highest BCUT2D eigenvalue weighted by Crippen LogP contribution is 2.32. The molecule has 1 heterocycles. The van der Waals surface area contributed by atoms with Gasteiger partial charge in [-0.05, 0) is 12.5 Å². The number of hydrogen-bond acceptors (Lipinski definition) is 6. The van der Waals surface area contributed by atoms with Gasteiger partial charge in [-0.3, -0.25) is 19.9 Å². The molecular weight excluding hydrogens is 336 g/mol. The van der Waals surface area contributed by atoms with Crippen molar-refractivity contribution in [2.45, 2.75) is 38.8 Å². The Kier molecular flexibility index (Phi) is 7.68. The number of ether oxygens (including phenoxy) is 2. The van der Waals surface area contributed by atoms with E-state index in [1.54, 1.807) is 7.11 Å². The van der Waals surface area contributed by atoms with Crippen LogP contribution in [0, 0.1) is 0 Å². The molecule has 1 fully saturated rings. The first-order chi connectivity index (χ1) is 12.6. The molecule has 8 heteroatoms. The highest BCUT2D eigenvalue weighted by atomic mass is 16.5. The summed E-state index contributed by atoms with van der Waals surface area (Å²) in [6.07, 6.45) is 1.99. The quantitative estimate of drug-likeness (QED) is 0.256. The Morgan fingerprint density at radius 2 is 2.27 bits per heavy atom. The zero-order chi connectivity index (χ0) is 18.9. The van der Waals surface area contributed by atoms with E-state index in [-0.39, 0.29) is 18.2 Å². The number of amides is 2. The molecule has 0 bridgehead atoms. The van der Waals surface area contributed by atoms with Gasteiger partial charge in [-0.2, -0.15) is 0 Å². The van der Waals surface area contributed by atoms with E-state index in [1.165, 1.54) is 0 Å². The van der Waals surface area contributed by atoms with Crippen molar-refractivity contribution < 1.29 is 19.1 Å². The number of rotatable bonds is 9. The van der Waals surface area contributed by atoms with E-state index in [1.807, 2.05) is 23.1 Å². The molecule has 1 aliphatic heterocycles. The van der Waals surface area contributed by atoms with Crippen molar-refractivity contribution in [3.63, 3.8) is 0 Å². The highest BCUT2D eigenvalue weighted by Gasteiger charge is 2.32. The highest BCUT2D eigenvalue weighted by molar-refractivity contribution is 5.88. The largest absolute Gasteiger partial charge is 0.493 e. The topological polar surface area (TPSA) is 106 Å². The maximum Gasteiger partial charge on any atom is 0.237 e. The van der Waals surface area contributed by atoms with Gasteiger partial charge in [-0.15, -0.1) is 0 Å². The second-order valence-corrected chi connectivity index (χ2v) is 6.20. The zero-order valence-corrected chi connectivity index (χ0v) is 15.4. The van der Waals surface area contributed by atoms with Crippen molar-refractivity contribution in [2.75, 3.05) is 26.8 Å². The molecule has 0 aromatic heterocycles. The number of unbranched alkanes of at least 4 members (excludes halogenated alkanes) is 1. The Balaban J connectivity index is 2.21. The Bertz CT molecular complexity index is 623. The lowest BCUT2D eigenvalue weighted by Crippen LogP contribution is -2.56. The van der Waals surface area contributed by atoms with Crippen LogP contribution < -0.4 is 26.1 Å². The van der Waals surface area contributed by atoms with Crippen LogP contribution in [-0.4, -0.2) is 49.6 Å². The molecule has 2 amide bonds. The molecule has 0 aliphatic carbocycles. The van der Waals surface area contributed by atoms with Gasteiger partial charge in [0.1, 0.15) is 0 Å². The molecule has 1 unspecified atom stereocenters. The molecule has 0 radical (unpaired) electrons. The lowest BCUT2D eigenvalue weighted by atomic mass is 10.1. The number of nitrogens with one attached hydrogen (secondary N) is 2. The molecule has 1 saturated heterocycles. The summed E-state index contributed by atoms with van der Waals surface area (Å²) in [7, 11) is 1.61. The van der Waals surface area contributed by atoms with Gasteiger partial charge in [0.15, 0.2) is 11.5 Å². The zero-order valence-electron chi connectivity index (χ0n) is 15.4. The first-order valence-electron chi connectivity index (χ1n) is 8.90. The van der Waals surface area contributed by atoms with E-state index in [4.69, 9.17) is 15.3 Å². The van der Waals surface area contributed by atoms with Gasteiger partial charge in [-0.25, -0.2) is 5.84 Å². The average molecular weight is 364 g/mol. The molecule has 2 rings (SSSR count). The maximum absolute atomic E-state index is 12.2. The van der Waals surface area contributed by atoms with Crippen LogP contribution in [-0.2, 0) is 16.1 Å². The molecule has 0 spiro atoms. The van der Waals surface area contributed by atoms with Crippen LogP contribution in [0.2, 0.25) is 0 Å². The van der Waals surface area contributed by atoms with E-state index in [2.05, 4.69) is 17.7 Å². The predicted octanol–water partition coefficient (Wildman–Crippen LogP) is 0.555. The monoisotopic (exact) mass is 364 g/mol. The van der Waals surface area contributed by atoms with Gasteiger partial charge in [0.25, 0.3) is 0 Å². The predicted molar refractivity (Wildman–Crippen MR) is 97.6 cm³/mol. The van der Waals surface area contributed by atoms with Gasteiger partial charge < -0.3 is 14.8 Å². The van der Waals surface area contributed by atoms with Gasteiger partial charge in [0, 0.05) is 25.2 Å². The van der Waals surface area contributed by atoms with Crippen molar-refractivity contribution in [3.05, 3.63) is 23.8 Å². The summed E-state index contributed by atoms with van der Waals surface area (Å²) >= 11 is 0. The normalized spacial score (nSPS) is 17.5. The lowest BCUT2D eigenvalue weighted by Gasteiger charge is -2.35. The van der Waals surface area contributed by atoms with E-state index in [0.717, 1.165) is 18.4 Å². The number of hydrazine groups is 1. The van der Waals surface area contributed by atoms with Crippen LogP contribution in [0.5, 0.6) is 11.5 Å². The third-order valence-electron chi connectivity index (χ3n) is 4.38. The molecule has 1 aromatic carbocycles. The van der Waals surface area contributed by atoms with Crippen molar-refractivity contribution in [1.29, 1.82) is 0 Å². The minimum absolute atomic E-state index is 0.0122. The molecule has 144 valence electrons. The number of nitrogens with two attached hydrogens (primary N) is 1. The van der Waals surface area contributed by atoms with Crippen molar-refractivity contribution >= 4 is 11.8 Å². The minimum Gasteiger partial charge on any atom is -0.493 e. The van der Waals surface area contributed by atoms with Gasteiger partial charge >= 0.3 is 0 Å². The second-order valence-electron chi connectivity index (χ2n) is 6.20. The van der Waals surface area contributed by atoms with E-state index in [0.29, 0.717) is 37.7 Å². The van der Waals surface area contributed by atoms with E-state index in [9.17, 15) is 9.59 Å². The van der Waals surface area contributed by atoms with Crippen molar-refractivity contribution in [2.24, 2.45) is 5.84 Å². The summed E-state index contributed by atoms with van der Waals surface area (Å²) in [4.78, 5) is 25.9. The fourth-order valence-corrected chi connectivity index (χ4v) is 2.96. The van der Waals surface area contributed by atoms with Crippen LogP contribution in [0.25, 0.3) is 0 Å². The number of piperazine rings is 1. The molecular formula is C18H28N4O4. The summed E-state index contributed by atoms with van der Waals surface area (Å²) in [6, 6.07) is 5.14. The smallest absolute Gasteiger partial charge is 0.237 e. The third-order valence-corrected chi connectivity index (χ3v) is 4.38. The fourth-order valence-electron chi connectivity index (χ4n) is 2.96. The van der Waals surface area contributed by atoms with Gasteiger partial charge in [0.2, 0.25) is 11.8 Å². The van der Waals surface area contributed by atoms with Crippen LogP contribution in [0.15, 0.2) is 18.2 Å². The van der Waals surface area contributed by atoms with Crippen molar-refractivity contribution in [1.82, 2.24) is 15.6 Å². The van der Waals surface area contributed by atoms with E-state index >= 15 is 0 Å². The van der Waals surface area contributed by atoms with Crippen LogP contribution in [0.3, 0.4) is 0 Å². The lowest BCUT2D eigenvalue weighted by molar-refractivity contribution is -0.134. The first kappa shape index (κ1) is 20.0. The number of para-hydroxylation sites is 1. The van der Waals surface area contributed by atoms with Crippen molar-refractivity contribution in [3.8, 4) is 11.5 Å². The number of benzene rings is 1. The number of methoxy groups -OCH3 is 1. The van der Waals surface area contributed by atoms with Gasteiger partial charge in [0.05, 0.1) is 26.2 Å². The van der Waals surface area contributed by atoms with Crippen LogP contribution in [0.4, 0.5) is 0 Å². The second kappa shape index (κ2) is 9.98. The summed E-state index contributed by atoms with van der Waals surface area (Å²) in [6.45, 7) is 4.36. The first-order valence-corrected chi connectivity index (χ1v) is 8.90. The third kappa shape index (κ3) is 5.09. The summed E-state index contributed by atoms with van der Waals surface area (Å²) in [5, 5.41) is 2.80. The molecule has 8 nitrogen and oxygen atoms in total. The summed E-state index contributed by atoms with van der Waals surface area (Å²) in [5.74, 6) is 5.99. The Hall–Kier alpha value is -2.32. The standard InChI is InChI=1S/C18H28N4O4/c1-3-4-10-26-17-13(6-5-7-15(17)25-2)12-22-9-8-20-18(24)14(22)11-16(23)21-19/h5-7,14H,3-4,8-12,19H2,1-2H3,(H,20,24)(H,21,23). The Morgan fingerprint density at radius 1 is 1.46 bits per heavy atom. The Labute approximate surface area is 154 Å². The SMILES string of the molecule is CCCCOc1c(CN2CCNC(=O)C2CC(=O)NN)cccc1OC. The molecule has 0 saturated carbocycles. The fraction of sp³-hybridized carbons (Fsp3) is 0.556. The number of carbonyl (C=O) groups is 2. The average Bonchev–Trinajstić information content (AvgIpc) is 2.65. The summed E-state index contributed by atoms with van der Waals surface area (Å²) in [5.41, 5.74) is 3.02. The number of hydrogen-bond donors (Lipinski definition) is 3. The molecule has 1 atom stereocenters. The summed E-state index contributed by atoms with van der Waals surface area (Å²) < 4.78 is 11.4. The van der Waals surface area contributed by atoms with Gasteiger partial charge in [-0.1, -0.05) is 25.5 Å². The molecule has 26 heavy (non-hydrogen) atoms. The van der Waals surface area contributed by atoms with Crippen LogP contribution >= 0.6 is 0 Å². The number of carbonyl (C=O) groups excluding carboxylic acids is 2.